The summed E-state index contributed by atoms with van der Waals surface area (Å²) in [4.78, 5) is 4.09. The summed E-state index contributed by atoms with van der Waals surface area (Å²) in [6, 6.07) is 7.34. The van der Waals surface area contributed by atoms with Crippen LogP contribution in [0.4, 0.5) is 5.69 Å². The van der Waals surface area contributed by atoms with Gasteiger partial charge in [0.1, 0.15) is 0 Å². The Hall–Kier alpha value is -1.26. The van der Waals surface area contributed by atoms with Crippen LogP contribution in [0.15, 0.2) is 29.3 Å². The van der Waals surface area contributed by atoms with Crippen LogP contribution in [-0.2, 0) is 0 Å². The summed E-state index contributed by atoms with van der Waals surface area (Å²) in [6.07, 6.45) is 0. The van der Waals surface area contributed by atoms with Gasteiger partial charge in [-0.3, -0.25) is 10.4 Å². The van der Waals surface area contributed by atoms with E-state index in [0.717, 1.165) is 5.69 Å². The summed E-state index contributed by atoms with van der Waals surface area (Å²) in [5.74, 6) is 5.79. The van der Waals surface area contributed by atoms with Crippen molar-refractivity contribution in [2.24, 2.45) is 10.8 Å². The van der Waals surface area contributed by atoms with Crippen molar-refractivity contribution < 1.29 is 0 Å². The second kappa shape index (κ2) is 5.47. The zero-order valence-corrected chi connectivity index (χ0v) is 8.67. The lowest BCUT2D eigenvalue weighted by Gasteiger charge is -2.08. The molecule has 0 aliphatic rings. The van der Waals surface area contributed by atoms with Gasteiger partial charge in [0.15, 0.2) is 0 Å². The smallest absolute Gasteiger partial charge is 0.210 e. The highest BCUT2D eigenvalue weighted by atomic mass is 35.5. The molecular weight excluding hydrogens is 200 g/mol. The predicted octanol–water partition coefficient (Wildman–Crippen LogP) is 1.59. The first-order chi connectivity index (χ1) is 6.76. The van der Waals surface area contributed by atoms with E-state index in [1.165, 1.54) is 0 Å². The number of nitrogens with one attached hydrogen (secondary N) is 2. The maximum atomic E-state index is 5.82. The number of rotatable bonds is 2. The van der Waals surface area contributed by atoms with E-state index in [9.17, 15) is 0 Å². The van der Waals surface area contributed by atoms with Gasteiger partial charge in [-0.1, -0.05) is 17.7 Å². The third-order valence-corrected chi connectivity index (χ3v) is 1.78. The second-order valence-corrected chi connectivity index (χ2v) is 3.04. The van der Waals surface area contributed by atoms with Crippen LogP contribution in [0.2, 0.25) is 5.02 Å². The molecule has 4 N–H and O–H groups in total. The lowest BCUT2D eigenvalue weighted by Crippen LogP contribution is -2.36. The molecule has 0 atom stereocenters. The Labute approximate surface area is 88.1 Å². The Morgan fingerprint density at radius 1 is 1.57 bits per heavy atom. The fourth-order valence-corrected chi connectivity index (χ4v) is 1.17. The monoisotopic (exact) mass is 212 g/mol. The highest BCUT2D eigenvalue weighted by Gasteiger charge is 1.96. The fourth-order valence-electron chi connectivity index (χ4n) is 0.982. The Morgan fingerprint density at radius 2 is 2.36 bits per heavy atom. The van der Waals surface area contributed by atoms with Crippen LogP contribution >= 0.6 is 11.6 Å². The van der Waals surface area contributed by atoms with Crippen LogP contribution in [0.5, 0.6) is 0 Å². The number of hydrogen-bond donors (Lipinski definition) is 3. The third kappa shape index (κ3) is 3.24. The van der Waals surface area contributed by atoms with E-state index >= 15 is 0 Å². The van der Waals surface area contributed by atoms with Crippen LogP contribution in [0.3, 0.4) is 0 Å². The van der Waals surface area contributed by atoms with Gasteiger partial charge in [0.25, 0.3) is 0 Å². The van der Waals surface area contributed by atoms with Gasteiger partial charge in [-0.05, 0) is 25.1 Å². The maximum Gasteiger partial charge on any atom is 0.210 e. The second-order valence-electron chi connectivity index (χ2n) is 2.60. The van der Waals surface area contributed by atoms with Gasteiger partial charge < -0.3 is 5.32 Å². The summed E-state index contributed by atoms with van der Waals surface area (Å²) in [6.45, 7) is 2.59. The molecule has 0 bridgehead atoms. The molecule has 0 amide bonds. The Bertz CT molecular complexity index is 324. The summed E-state index contributed by atoms with van der Waals surface area (Å²) in [5, 5.41) is 3.67. The van der Waals surface area contributed by atoms with E-state index in [-0.39, 0.29) is 0 Å². The highest BCUT2D eigenvalue weighted by molar-refractivity contribution is 6.30. The normalized spacial score (nSPS) is 11.2. The minimum absolute atomic E-state index is 0.523. The lowest BCUT2D eigenvalue weighted by molar-refractivity contribution is 0.986. The largest absolute Gasteiger partial charge is 0.325 e. The maximum absolute atomic E-state index is 5.82. The quantitative estimate of drug-likeness (QED) is 0.302. The van der Waals surface area contributed by atoms with Crippen LogP contribution in [0.25, 0.3) is 0 Å². The summed E-state index contributed by atoms with van der Waals surface area (Å²) in [5.41, 5.74) is 3.32. The van der Waals surface area contributed by atoms with Gasteiger partial charge >= 0.3 is 0 Å². The number of hydrogen-bond acceptors (Lipinski definition) is 2. The van der Waals surface area contributed by atoms with Gasteiger partial charge in [0, 0.05) is 17.3 Å². The molecule has 0 saturated carbocycles. The van der Waals surface area contributed by atoms with E-state index in [0.29, 0.717) is 17.5 Å². The summed E-state index contributed by atoms with van der Waals surface area (Å²) < 4.78 is 0. The van der Waals surface area contributed by atoms with Gasteiger partial charge in [-0.15, -0.1) is 0 Å². The molecule has 14 heavy (non-hydrogen) atoms. The molecule has 4 nitrogen and oxygen atoms in total. The first-order valence-electron chi connectivity index (χ1n) is 4.30. The van der Waals surface area contributed by atoms with E-state index < -0.39 is 0 Å². The molecule has 0 spiro atoms. The van der Waals surface area contributed by atoms with E-state index in [1.54, 1.807) is 12.1 Å². The van der Waals surface area contributed by atoms with Crippen LogP contribution in [0, 0.1) is 0 Å². The molecule has 0 aliphatic carbocycles. The van der Waals surface area contributed by atoms with Crippen molar-refractivity contribution in [1.29, 1.82) is 0 Å². The molecule has 1 rings (SSSR count). The topological polar surface area (TPSA) is 62.4 Å². The number of aliphatic imine (C=N–C) groups is 1. The number of anilines is 1. The molecule has 1 aromatic rings. The van der Waals surface area contributed by atoms with E-state index in [1.807, 2.05) is 19.1 Å². The van der Waals surface area contributed by atoms with Crippen molar-refractivity contribution in [3.05, 3.63) is 29.3 Å². The first kappa shape index (κ1) is 10.8. The molecule has 1 aromatic carbocycles. The molecule has 0 aromatic heterocycles. The zero-order valence-electron chi connectivity index (χ0n) is 7.92. The number of guanidine groups is 1. The van der Waals surface area contributed by atoms with Crippen molar-refractivity contribution in [1.82, 2.24) is 5.43 Å². The van der Waals surface area contributed by atoms with Crippen molar-refractivity contribution in [3.8, 4) is 0 Å². The first-order valence-corrected chi connectivity index (χ1v) is 4.67. The van der Waals surface area contributed by atoms with E-state index in [4.69, 9.17) is 17.4 Å². The minimum Gasteiger partial charge on any atom is -0.325 e. The average molecular weight is 213 g/mol. The molecule has 0 heterocycles. The molecule has 0 aliphatic heterocycles. The Morgan fingerprint density at radius 3 is 2.93 bits per heavy atom. The third-order valence-electron chi connectivity index (χ3n) is 1.54. The number of benzene rings is 1. The molecule has 0 unspecified atom stereocenters. The molecule has 5 heteroatoms. The minimum atomic E-state index is 0.523. The number of halogens is 1. The van der Waals surface area contributed by atoms with Gasteiger partial charge in [0.2, 0.25) is 5.96 Å². The molecule has 0 radical (unpaired) electrons. The summed E-state index contributed by atoms with van der Waals surface area (Å²) >= 11 is 5.82. The molecular formula is C9H13ClN4. The number of hydrazine groups is 1. The van der Waals surface area contributed by atoms with Crippen LogP contribution in [0.1, 0.15) is 6.92 Å². The standard InChI is InChI=1S/C9H13ClN4/c1-2-12-9(14-11)13-8-5-3-4-7(10)6-8/h3-6H,2,11H2,1H3,(H2,12,13,14). The van der Waals surface area contributed by atoms with Crippen LogP contribution in [-0.4, -0.2) is 12.5 Å². The van der Waals surface area contributed by atoms with Gasteiger partial charge in [0.05, 0.1) is 0 Å². The van der Waals surface area contributed by atoms with Gasteiger partial charge in [-0.2, -0.15) is 0 Å². The lowest BCUT2D eigenvalue weighted by atomic mass is 10.3. The predicted molar refractivity (Wildman–Crippen MR) is 60.4 cm³/mol. The number of nitrogens with two attached hydrogens (primary N) is 1. The van der Waals surface area contributed by atoms with Crippen molar-refractivity contribution in [3.63, 3.8) is 0 Å². The number of nitrogens with zero attached hydrogens (tertiary/aromatic N) is 1. The van der Waals surface area contributed by atoms with Gasteiger partial charge in [-0.25, -0.2) is 5.84 Å². The van der Waals surface area contributed by atoms with E-state index in [2.05, 4.69) is 15.7 Å². The Balaban J connectivity index is 2.72. The SMILES string of the molecule is CCN=C(NN)Nc1cccc(Cl)c1. The molecule has 76 valence electrons. The van der Waals surface area contributed by atoms with Crippen molar-refractivity contribution in [2.45, 2.75) is 6.92 Å². The molecule has 0 saturated heterocycles. The Kier molecular flexibility index (Phi) is 4.22. The van der Waals surface area contributed by atoms with Crippen molar-refractivity contribution >= 4 is 23.2 Å². The van der Waals surface area contributed by atoms with Crippen LogP contribution < -0.4 is 16.6 Å². The van der Waals surface area contributed by atoms with Crippen molar-refractivity contribution in [2.75, 3.05) is 11.9 Å². The fraction of sp³-hybridized carbons (Fsp3) is 0.222. The molecule has 0 fully saturated rings. The average Bonchev–Trinajstić information content (AvgIpc) is 2.17. The summed E-state index contributed by atoms with van der Waals surface area (Å²) in [7, 11) is 0. The zero-order chi connectivity index (χ0) is 10.4. The highest BCUT2D eigenvalue weighted by Crippen LogP contribution is 2.14.